The van der Waals surface area contributed by atoms with Gasteiger partial charge in [0.15, 0.2) is 0 Å². The summed E-state index contributed by atoms with van der Waals surface area (Å²) in [6.45, 7) is 2.10. The lowest BCUT2D eigenvalue weighted by Gasteiger charge is -2.01. The zero-order valence-corrected chi connectivity index (χ0v) is 10.4. The van der Waals surface area contributed by atoms with Crippen LogP contribution in [0.3, 0.4) is 0 Å². The number of hydrogen-bond donors (Lipinski definition) is 0. The Morgan fingerprint density at radius 1 is 1.41 bits per heavy atom. The lowest BCUT2D eigenvalue weighted by molar-refractivity contribution is 0.415. The minimum absolute atomic E-state index is 0.553. The molecule has 0 fully saturated rings. The molecule has 0 unspecified atom stereocenters. The number of aryl methyl sites for hydroxylation is 2. The van der Waals surface area contributed by atoms with Crippen molar-refractivity contribution >= 4 is 10.9 Å². The first-order chi connectivity index (χ1) is 8.19. The van der Waals surface area contributed by atoms with Gasteiger partial charge in [0.05, 0.1) is 13.2 Å². The molecular formula is C14H16N2O. The topological polar surface area (TPSA) is 37.9 Å². The number of rotatable bonds is 3. The maximum atomic E-state index is 8.72. The van der Waals surface area contributed by atoms with Gasteiger partial charge in [-0.15, -0.1) is 0 Å². The average molecular weight is 228 g/mol. The fourth-order valence-electron chi connectivity index (χ4n) is 2.25. The van der Waals surface area contributed by atoms with E-state index in [1.165, 1.54) is 22.2 Å². The quantitative estimate of drug-likeness (QED) is 0.810. The van der Waals surface area contributed by atoms with Crippen LogP contribution in [0.25, 0.3) is 10.9 Å². The molecule has 0 spiro atoms. The van der Waals surface area contributed by atoms with Crippen LogP contribution >= 0.6 is 0 Å². The molecule has 0 aliphatic carbocycles. The van der Waals surface area contributed by atoms with Gasteiger partial charge in [-0.05, 0) is 37.1 Å². The molecule has 0 aliphatic heterocycles. The van der Waals surface area contributed by atoms with Crippen LogP contribution in [0.2, 0.25) is 0 Å². The van der Waals surface area contributed by atoms with Crippen molar-refractivity contribution in [2.24, 2.45) is 7.05 Å². The zero-order valence-electron chi connectivity index (χ0n) is 10.4. The first-order valence-electron chi connectivity index (χ1n) is 5.68. The van der Waals surface area contributed by atoms with Gasteiger partial charge in [0, 0.05) is 30.1 Å². The summed E-state index contributed by atoms with van der Waals surface area (Å²) >= 11 is 0. The molecule has 0 radical (unpaired) electrons. The fraction of sp³-hybridized carbons (Fsp3) is 0.357. The highest BCUT2D eigenvalue weighted by molar-refractivity contribution is 5.86. The van der Waals surface area contributed by atoms with E-state index < -0.39 is 0 Å². The zero-order chi connectivity index (χ0) is 12.4. The van der Waals surface area contributed by atoms with Crippen LogP contribution in [-0.2, 0) is 13.5 Å². The number of aromatic nitrogens is 1. The predicted molar refractivity (Wildman–Crippen MR) is 68.1 cm³/mol. The summed E-state index contributed by atoms with van der Waals surface area (Å²) in [5.41, 5.74) is 3.67. The number of fused-ring (bicyclic) bond motifs is 1. The van der Waals surface area contributed by atoms with E-state index in [0.717, 1.165) is 12.2 Å². The Morgan fingerprint density at radius 2 is 2.18 bits per heavy atom. The second kappa shape index (κ2) is 4.50. The summed E-state index contributed by atoms with van der Waals surface area (Å²) in [7, 11) is 3.73. The molecular weight excluding hydrogens is 212 g/mol. The number of benzene rings is 1. The third-order valence-electron chi connectivity index (χ3n) is 3.32. The van der Waals surface area contributed by atoms with Crippen LogP contribution in [0.4, 0.5) is 0 Å². The largest absolute Gasteiger partial charge is 0.497 e. The van der Waals surface area contributed by atoms with Crippen LogP contribution in [0.5, 0.6) is 5.75 Å². The summed E-state index contributed by atoms with van der Waals surface area (Å²) in [6, 6.07) is 8.29. The first-order valence-corrected chi connectivity index (χ1v) is 5.68. The fourth-order valence-corrected chi connectivity index (χ4v) is 2.25. The molecule has 1 aromatic heterocycles. The number of methoxy groups -OCH3 is 1. The SMILES string of the molecule is COc1ccc2c(c1)c(CCC#N)c(C)n2C. The van der Waals surface area contributed by atoms with E-state index in [0.29, 0.717) is 6.42 Å². The smallest absolute Gasteiger partial charge is 0.119 e. The summed E-state index contributed by atoms with van der Waals surface area (Å²) < 4.78 is 7.42. The number of nitrogens with zero attached hydrogens (tertiary/aromatic N) is 2. The summed E-state index contributed by atoms with van der Waals surface area (Å²) in [4.78, 5) is 0. The molecule has 3 heteroatoms. The van der Waals surface area contributed by atoms with E-state index in [-0.39, 0.29) is 0 Å². The Morgan fingerprint density at radius 3 is 2.82 bits per heavy atom. The number of ether oxygens (including phenoxy) is 1. The molecule has 2 rings (SSSR count). The predicted octanol–water partition coefficient (Wildman–Crippen LogP) is 2.95. The second-order valence-corrected chi connectivity index (χ2v) is 4.16. The normalized spacial score (nSPS) is 10.5. The van der Waals surface area contributed by atoms with Crippen LogP contribution in [-0.4, -0.2) is 11.7 Å². The monoisotopic (exact) mass is 228 g/mol. The Kier molecular flexibility index (Phi) is 3.06. The third-order valence-corrected chi connectivity index (χ3v) is 3.32. The van der Waals surface area contributed by atoms with Gasteiger partial charge in [0.25, 0.3) is 0 Å². The maximum absolute atomic E-state index is 8.72. The lowest BCUT2D eigenvalue weighted by atomic mass is 10.1. The minimum atomic E-state index is 0.553. The molecule has 2 aromatic rings. The molecule has 0 atom stereocenters. The minimum Gasteiger partial charge on any atom is -0.497 e. The van der Waals surface area contributed by atoms with Crippen molar-refractivity contribution in [1.29, 1.82) is 5.26 Å². The second-order valence-electron chi connectivity index (χ2n) is 4.16. The molecule has 17 heavy (non-hydrogen) atoms. The van der Waals surface area contributed by atoms with E-state index in [1.807, 2.05) is 6.07 Å². The standard InChI is InChI=1S/C14H16N2O/c1-10-12(5-4-8-15)13-9-11(17-3)6-7-14(13)16(10)2/h6-7,9H,4-5H2,1-3H3. The lowest BCUT2D eigenvalue weighted by Crippen LogP contribution is -1.92. The van der Waals surface area contributed by atoms with Crippen molar-refractivity contribution < 1.29 is 4.74 Å². The molecule has 0 N–H and O–H groups in total. The molecule has 0 saturated heterocycles. The van der Waals surface area contributed by atoms with E-state index in [2.05, 4.69) is 36.7 Å². The highest BCUT2D eigenvalue weighted by Crippen LogP contribution is 2.29. The highest BCUT2D eigenvalue weighted by Gasteiger charge is 2.12. The average Bonchev–Trinajstić information content (AvgIpc) is 2.59. The molecule has 88 valence electrons. The molecule has 1 aromatic carbocycles. The Bertz CT molecular complexity index is 590. The van der Waals surface area contributed by atoms with Crippen LogP contribution in [0.15, 0.2) is 18.2 Å². The highest BCUT2D eigenvalue weighted by atomic mass is 16.5. The van der Waals surface area contributed by atoms with Gasteiger partial charge in [-0.2, -0.15) is 5.26 Å². The Balaban J connectivity index is 2.63. The van der Waals surface area contributed by atoms with Crippen molar-refractivity contribution in [1.82, 2.24) is 4.57 Å². The van der Waals surface area contributed by atoms with Crippen LogP contribution in [0.1, 0.15) is 17.7 Å². The number of hydrogen-bond acceptors (Lipinski definition) is 2. The van der Waals surface area contributed by atoms with Crippen molar-refractivity contribution in [2.45, 2.75) is 19.8 Å². The summed E-state index contributed by atoms with van der Waals surface area (Å²) in [6.07, 6.45) is 1.35. The molecule has 0 amide bonds. The maximum Gasteiger partial charge on any atom is 0.119 e. The van der Waals surface area contributed by atoms with Crippen molar-refractivity contribution in [3.05, 3.63) is 29.5 Å². The van der Waals surface area contributed by atoms with Crippen LogP contribution in [0, 0.1) is 18.3 Å². The van der Waals surface area contributed by atoms with Gasteiger partial charge in [-0.25, -0.2) is 0 Å². The molecule has 0 saturated carbocycles. The van der Waals surface area contributed by atoms with Crippen molar-refractivity contribution in [3.8, 4) is 11.8 Å². The van der Waals surface area contributed by atoms with E-state index in [4.69, 9.17) is 10.00 Å². The van der Waals surface area contributed by atoms with E-state index in [9.17, 15) is 0 Å². The van der Waals surface area contributed by atoms with Gasteiger partial charge in [0.1, 0.15) is 5.75 Å². The molecule has 1 heterocycles. The van der Waals surface area contributed by atoms with Crippen molar-refractivity contribution in [2.75, 3.05) is 7.11 Å². The van der Waals surface area contributed by atoms with Gasteiger partial charge >= 0.3 is 0 Å². The van der Waals surface area contributed by atoms with Gasteiger partial charge in [-0.1, -0.05) is 0 Å². The third kappa shape index (κ3) is 1.87. The number of nitriles is 1. The van der Waals surface area contributed by atoms with Crippen molar-refractivity contribution in [3.63, 3.8) is 0 Å². The molecule has 0 bridgehead atoms. The first kappa shape index (κ1) is 11.5. The van der Waals surface area contributed by atoms with E-state index in [1.54, 1.807) is 7.11 Å². The summed E-state index contributed by atoms with van der Waals surface area (Å²) in [5.74, 6) is 0.862. The van der Waals surface area contributed by atoms with Gasteiger partial charge in [0.2, 0.25) is 0 Å². The van der Waals surface area contributed by atoms with Crippen LogP contribution < -0.4 is 4.74 Å². The molecule has 0 aliphatic rings. The van der Waals surface area contributed by atoms with Gasteiger partial charge < -0.3 is 9.30 Å². The Hall–Kier alpha value is -1.95. The van der Waals surface area contributed by atoms with Gasteiger partial charge in [-0.3, -0.25) is 0 Å². The molecule has 3 nitrogen and oxygen atoms in total. The Labute approximate surface area is 101 Å². The summed E-state index contributed by atoms with van der Waals surface area (Å²) in [5, 5.41) is 9.91. The van der Waals surface area contributed by atoms with E-state index >= 15 is 0 Å².